The summed E-state index contributed by atoms with van der Waals surface area (Å²) in [5.41, 5.74) is 5.39. The zero-order valence-corrected chi connectivity index (χ0v) is 15.9. The Balaban J connectivity index is 1.60. The van der Waals surface area contributed by atoms with Crippen LogP contribution in [0.15, 0.2) is 4.99 Å². The van der Waals surface area contributed by atoms with Crippen LogP contribution in [0.2, 0.25) is 0 Å². The Morgan fingerprint density at radius 1 is 1.12 bits per heavy atom. The van der Waals surface area contributed by atoms with Gasteiger partial charge in [0.05, 0.1) is 0 Å². The second kappa shape index (κ2) is 11.3. The molecule has 0 aromatic carbocycles. The molecule has 1 saturated heterocycles. The molecule has 0 atom stereocenters. The maximum absolute atomic E-state index is 11.2. The molecule has 144 valence electrons. The third kappa shape index (κ3) is 7.63. The van der Waals surface area contributed by atoms with Crippen molar-refractivity contribution in [2.75, 3.05) is 32.7 Å². The van der Waals surface area contributed by atoms with Crippen LogP contribution in [0.3, 0.4) is 0 Å². The molecule has 1 aliphatic heterocycles. The first-order chi connectivity index (χ1) is 12.2. The lowest BCUT2D eigenvalue weighted by Crippen LogP contribution is -2.44. The number of carbonyl (C=O) groups is 1. The molecule has 0 aromatic rings. The molecule has 0 bridgehead atoms. The number of nitrogens with two attached hydrogens (primary N) is 1. The Labute approximate surface area is 153 Å². The molecule has 1 aliphatic carbocycles. The van der Waals surface area contributed by atoms with E-state index in [9.17, 15) is 4.79 Å². The fourth-order valence-electron chi connectivity index (χ4n) is 3.84. The molecular weight excluding hydrogens is 314 g/mol. The van der Waals surface area contributed by atoms with E-state index in [1.165, 1.54) is 32.1 Å². The van der Waals surface area contributed by atoms with Crippen LogP contribution in [0, 0.1) is 5.92 Å². The second-order valence-electron chi connectivity index (χ2n) is 7.47. The number of hydrogen-bond acceptors (Lipinski definition) is 3. The van der Waals surface area contributed by atoms with Gasteiger partial charge >= 0.3 is 0 Å². The Bertz CT molecular complexity index is 412. The van der Waals surface area contributed by atoms with Crippen LogP contribution in [-0.4, -0.2) is 55.5 Å². The zero-order valence-electron chi connectivity index (χ0n) is 15.9. The van der Waals surface area contributed by atoms with Gasteiger partial charge in [0.25, 0.3) is 0 Å². The van der Waals surface area contributed by atoms with Gasteiger partial charge in [0.1, 0.15) is 0 Å². The van der Waals surface area contributed by atoms with Crippen molar-refractivity contribution in [3.8, 4) is 0 Å². The predicted octanol–water partition coefficient (Wildman–Crippen LogP) is 1.85. The second-order valence-corrected chi connectivity index (χ2v) is 7.47. The molecule has 0 aromatic heterocycles. The maximum atomic E-state index is 11.2. The van der Waals surface area contributed by atoms with Crippen LogP contribution in [0.25, 0.3) is 0 Å². The molecule has 4 N–H and O–H groups in total. The van der Waals surface area contributed by atoms with E-state index in [0.717, 1.165) is 64.4 Å². The Morgan fingerprint density at radius 2 is 1.84 bits per heavy atom. The highest BCUT2D eigenvalue weighted by molar-refractivity contribution is 5.80. The molecule has 2 aliphatic rings. The molecule has 1 saturated carbocycles. The number of hydrogen-bond donors (Lipinski definition) is 3. The van der Waals surface area contributed by atoms with Crippen LogP contribution >= 0.6 is 0 Å². The van der Waals surface area contributed by atoms with Crippen molar-refractivity contribution >= 4 is 11.9 Å². The standard InChI is InChI=1S/C19H37N5O/c1-2-21-19(23-17-8-4-3-5-9-17)22-12-6-7-13-24-14-10-16(11-15-24)18(20)25/h16-17H,2-15H2,1H3,(H2,20,25)(H2,21,22,23). The summed E-state index contributed by atoms with van der Waals surface area (Å²) >= 11 is 0. The van der Waals surface area contributed by atoms with Gasteiger partial charge in [-0.15, -0.1) is 0 Å². The molecule has 2 fully saturated rings. The van der Waals surface area contributed by atoms with E-state index >= 15 is 0 Å². The molecule has 1 heterocycles. The smallest absolute Gasteiger partial charge is 0.220 e. The van der Waals surface area contributed by atoms with Crippen molar-refractivity contribution in [1.82, 2.24) is 15.5 Å². The van der Waals surface area contributed by atoms with Crippen LogP contribution in [0.5, 0.6) is 0 Å². The molecule has 0 unspecified atom stereocenters. The van der Waals surface area contributed by atoms with Crippen molar-refractivity contribution in [2.45, 2.75) is 70.8 Å². The fraction of sp³-hybridized carbons (Fsp3) is 0.895. The van der Waals surface area contributed by atoms with Gasteiger partial charge in [0.15, 0.2) is 5.96 Å². The molecule has 0 spiro atoms. The Kier molecular flexibility index (Phi) is 9.08. The summed E-state index contributed by atoms with van der Waals surface area (Å²) in [6, 6.07) is 0.595. The van der Waals surface area contributed by atoms with Crippen molar-refractivity contribution in [1.29, 1.82) is 0 Å². The first-order valence-electron chi connectivity index (χ1n) is 10.3. The van der Waals surface area contributed by atoms with Gasteiger partial charge in [-0.2, -0.15) is 0 Å². The third-order valence-electron chi connectivity index (χ3n) is 5.43. The van der Waals surface area contributed by atoms with Crippen LogP contribution in [0.1, 0.15) is 64.7 Å². The number of aliphatic imine (C=N–C) groups is 1. The summed E-state index contributed by atoms with van der Waals surface area (Å²) < 4.78 is 0. The van der Waals surface area contributed by atoms with Crippen molar-refractivity contribution in [3.63, 3.8) is 0 Å². The fourth-order valence-corrected chi connectivity index (χ4v) is 3.84. The number of guanidine groups is 1. The highest BCUT2D eigenvalue weighted by atomic mass is 16.1. The minimum absolute atomic E-state index is 0.0920. The molecule has 0 radical (unpaired) electrons. The number of amides is 1. The van der Waals surface area contributed by atoms with Gasteiger partial charge in [-0.3, -0.25) is 9.79 Å². The number of piperidine rings is 1. The number of nitrogens with zero attached hydrogens (tertiary/aromatic N) is 2. The van der Waals surface area contributed by atoms with E-state index in [2.05, 4.69) is 22.5 Å². The molecule has 1 amide bonds. The first-order valence-corrected chi connectivity index (χ1v) is 10.3. The number of nitrogens with one attached hydrogen (secondary N) is 2. The van der Waals surface area contributed by atoms with Gasteiger partial charge in [-0.05, 0) is 65.1 Å². The zero-order chi connectivity index (χ0) is 17.9. The van der Waals surface area contributed by atoms with E-state index in [-0.39, 0.29) is 11.8 Å². The number of unbranched alkanes of at least 4 members (excludes halogenated alkanes) is 1. The number of likely N-dealkylation sites (tertiary alicyclic amines) is 1. The number of rotatable bonds is 8. The first kappa shape index (κ1) is 20.0. The Morgan fingerprint density at radius 3 is 2.48 bits per heavy atom. The monoisotopic (exact) mass is 351 g/mol. The molecular formula is C19H37N5O. The minimum Gasteiger partial charge on any atom is -0.369 e. The van der Waals surface area contributed by atoms with Gasteiger partial charge in [-0.25, -0.2) is 0 Å². The van der Waals surface area contributed by atoms with E-state index in [0.29, 0.717) is 6.04 Å². The average molecular weight is 352 g/mol. The molecule has 2 rings (SSSR count). The highest BCUT2D eigenvalue weighted by Gasteiger charge is 2.22. The lowest BCUT2D eigenvalue weighted by molar-refractivity contribution is -0.123. The van der Waals surface area contributed by atoms with Crippen molar-refractivity contribution < 1.29 is 4.79 Å². The summed E-state index contributed by atoms with van der Waals surface area (Å²) in [5, 5.41) is 6.97. The summed E-state index contributed by atoms with van der Waals surface area (Å²) in [7, 11) is 0. The number of carbonyl (C=O) groups excluding carboxylic acids is 1. The largest absolute Gasteiger partial charge is 0.369 e. The van der Waals surface area contributed by atoms with Crippen molar-refractivity contribution in [2.24, 2.45) is 16.6 Å². The topological polar surface area (TPSA) is 82.8 Å². The molecule has 6 nitrogen and oxygen atoms in total. The highest BCUT2D eigenvalue weighted by Crippen LogP contribution is 2.18. The lowest BCUT2D eigenvalue weighted by atomic mass is 9.96. The Hall–Kier alpha value is -1.30. The van der Waals surface area contributed by atoms with E-state index < -0.39 is 0 Å². The van der Waals surface area contributed by atoms with E-state index in [1.54, 1.807) is 0 Å². The van der Waals surface area contributed by atoms with Crippen LogP contribution in [-0.2, 0) is 4.79 Å². The molecule has 6 heteroatoms. The predicted molar refractivity (Wildman–Crippen MR) is 104 cm³/mol. The van der Waals surface area contributed by atoms with Gasteiger partial charge in [0.2, 0.25) is 5.91 Å². The summed E-state index contributed by atoms with van der Waals surface area (Å²) in [6.45, 7) is 7.01. The van der Waals surface area contributed by atoms with E-state index in [4.69, 9.17) is 10.7 Å². The van der Waals surface area contributed by atoms with Crippen LogP contribution < -0.4 is 16.4 Å². The maximum Gasteiger partial charge on any atom is 0.220 e. The van der Waals surface area contributed by atoms with Crippen LogP contribution in [0.4, 0.5) is 0 Å². The normalized spacial score (nSPS) is 21.2. The van der Waals surface area contributed by atoms with E-state index in [1.807, 2.05) is 0 Å². The van der Waals surface area contributed by atoms with Gasteiger partial charge in [-0.1, -0.05) is 19.3 Å². The lowest BCUT2D eigenvalue weighted by Gasteiger charge is -2.30. The SMILES string of the molecule is CCNC(=NCCCCN1CCC(C(N)=O)CC1)NC1CCCCC1. The third-order valence-corrected chi connectivity index (χ3v) is 5.43. The van der Waals surface area contributed by atoms with Crippen molar-refractivity contribution in [3.05, 3.63) is 0 Å². The quantitative estimate of drug-likeness (QED) is 0.354. The molecule has 25 heavy (non-hydrogen) atoms. The summed E-state index contributed by atoms with van der Waals surface area (Å²) in [5.74, 6) is 0.946. The van der Waals surface area contributed by atoms with Gasteiger partial charge in [0, 0.05) is 25.0 Å². The average Bonchev–Trinajstić information content (AvgIpc) is 2.63. The van der Waals surface area contributed by atoms with Gasteiger partial charge < -0.3 is 21.3 Å². The summed E-state index contributed by atoms with van der Waals surface area (Å²) in [4.78, 5) is 18.4. The minimum atomic E-state index is -0.129. The summed E-state index contributed by atoms with van der Waals surface area (Å²) in [6.07, 6.45) is 10.7. The number of primary amides is 1.